The van der Waals surface area contributed by atoms with Crippen LogP contribution in [0, 0.1) is 0 Å². The fourth-order valence-electron chi connectivity index (χ4n) is 3.84. The third-order valence-corrected chi connectivity index (χ3v) is 6.02. The Kier molecular flexibility index (Phi) is 3.90. The lowest BCUT2D eigenvalue weighted by Gasteiger charge is -2.09. The van der Waals surface area contributed by atoms with Crippen molar-refractivity contribution in [1.82, 2.24) is 8.87 Å². The van der Waals surface area contributed by atoms with Crippen molar-refractivity contribution in [2.75, 3.05) is 27.5 Å². The van der Waals surface area contributed by atoms with Gasteiger partial charge in [0.15, 0.2) is 0 Å². The SMILES string of the molecule is COC(=O)c1cc2c(c3c4cc(OC)ccc4n(S(C)(=O)=O)c13)C(=O)N(C)C2. The van der Waals surface area contributed by atoms with Crippen molar-refractivity contribution in [2.45, 2.75) is 6.54 Å². The van der Waals surface area contributed by atoms with Crippen molar-refractivity contribution in [3.05, 3.63) is 41.0 Å². The molecule has 0 N–H and O–H groups in total. The van der Waals surface area contributed by atoms with Crippen LogP contribution in [0.4, 0.5) is 0 Å². The number of esters is 1. The summed E-state index contributed by atoms with van der Waals surface area (Å²) < 4.78 is 36.6. The maximum Gasteiger partial charge on any atom is 0.340 e. The Morgan fingerprint density at radius 1 is 1.18 bits per heavy atom. The number of nitrogens with zero attached hydrogens (tertiary/aromatic N) is 2. The van der Waals surface area contributed by atoms with Gasteiger partial charge in [0, 0.05) is 24.4 Å². The van der Waals surface area contributed by atoms with Crippen LogP contribution in [0.3, 0.4) is 0 Å². The number of carbonyl (C=O) groups is 2. The second kappa shape index (κ2) is 5.96. The summed E-state index contributed by atoms with van der Waals surface area (Å²) in [5.74, 6) is -0.391. The minimum Gasteiger partial charge on any atom is -0.497 e. The van der Waals surface area contributed by atoms with Gasteiger partial charge in [0.05, 0.1) is 42.6 Å². The largest absolute Gasteiger partial charge is 0.497 e. The first-order valence-electron chi connectivity index (χ1n) is 8.41. The maximum absolute atomic E-state index is 12.8. The first kappa shape index (κ1) is 18.3. The van der Waals surface area contributed by atoms with Crippen molar-refractivity contribution in [2.24, 2.45) is 0 Å². The third-order valence-electron chi connectivity index (χ3n) is 4.98. The van der Waals surface area contributed by atoms with E-state index < -0.39 is 16.0 Å². The Morgan fingerprint density at radius 2 is 1.89 bits per heavy atom. The van der Waals surface area contributed by atoms with Crippen LogP contribution in [-0.2, 0) is 21.3 Å². The van der Waals surface area contributed by atoms with Crippen LogP contribution in [0.2, 0.25) is 0 Å². The van der Waals surface area contributed by atoms with E-state index in [1.807, 2.05) is 0 Å². The normalized spacial score (nSPS) is 14.0. The molecular formula is C19H18N2O6S. The highest BCUT2D eigenvalue weighted by Crippen LogP contribution is 2.41. The molecule has 0 bridgehead atoms. The standard InChI is InChI=1S/C19H18N2O6S/c1-20-9-10-7-13(19(23)27-3)17-16(15(10)18(20)22)12-8-11(26-2)5-6-14(12)21(17)28(4,24)25/h5-8H,9H2,1-4H3. The number of benzene rings is 2. The average molecular weight is 402 g/mol. The van der Waals surface area contributed by atoms with Gasteiger partial charge >= 0.3 is 5.97 Å². The van der Waals surface area contributed by atoms with Gasteiger partial charge in [0.25, 0.3) is 5.91 Å². The molecule has 0 aliphatic carbocycles. The molecule has 1 aliphatic heterocycles. The van der Waals surface area contributed by atoms with Crippen molar-refractivity contribution in [3.8, 4) is 5.75 Å². The van der Waals surface area contributed by atoms with E-state index in [4.69, 9.17) is 9.47 Å². The summed E-state index contributed by atoms with van der Waals surface area (Å²) in [6.07, 6.45) is 1.05. The van der Waals surface area contributed by atoms with Crippen molar-refractivity contribution < 1.29 is 27.5 Å². The molecule has 8 nitrogen and oxygen atoms in total. The second-order valence-electron chi connectivity index (χ2n) is 6.75. The molecule has 2 heterocycles. The first-order valence-corrected chi connectivity index (χ1v) is 10.3. The zero-order chi connectivity index (χ0) is 20.4. The number of hydrogen-bond acceptors (Lipinski definition) is 6. The zero-order valence-corrected chi connectivity index (χ0v) is 16.6. The predicted octanol–water partition coefficient (Wildman–Crippen LogP) is 1.98. The molecule has 0 atom stereocenters. The quantitative estimate of drug-likeness (QED) is 0.622. The van der Waals surface area contributed by atoms with Crippen LogP contribution >= 0.6 is 0 Å². The highest BCUT2D eigenvalue weighted by Gasteiger charge is 2.34. The van der Waals surface area contributed by atoms with Gasteiger partial charge in [-0.05, 0) is 29.8 Å². The Labute approximate surface area is 161 Å². The molecule has 1 aromatic heterocycles. The van der Waals surface area contributed by atoms with E-state index in [1.165, 1.54) is 19.1 Å². The average Bonchev–Trinajstić information content (AvgIpc) is 3.14. The van der Waals surface area contributed by atoms with Gasteiger partial charge in [0.2, 0.25) is 10.0 Å². The van der Waals surface area contributed by atoms with Crippen LogP contribution in [0.25, 0.3) is 21.8 Å². The van der Waals surface area contributed by atoms with E-state index in [9.17, 15) is 18.0 Å². The van der Waals surface area contributed by atoms with E-state index in [-0.39, 0.29) is 17.0 Å². The molecule has 0 unspecified atom stereocenters. The molecule has 0 saturated heterocycles. The number of carbonyl (C=O) groups excluding carboxylic acids is 2. The number of aromatic nitrogens is 1. The number of fused-ring (bicyclic) bond motifs is 5. The maximum atomic E-state index is 12.8. The third kappa shape index (κ3) is 2.39. The Morgan fingerprint density at radius 3 is 2.50 bits per heavy atom. The van der Waals surface area contributed by atoms with Gasteiger partial charge < -0.3 is 14.4 Å². The first-order chi connectivity index (χ1) is 13.2. The highest BCUT2D eigenvalue weighted by molar-refractivity contribution is 7.89. The van der Waals surface area contributed by atoms with E-state index in [1.54, 1.807) is 31.3 Å². The molecule has 0 saturated carbocycles. The number of amides is 1. The van der Waals surface area contributed by atoms with E-state index in [0.29, 0.717) is 39.7 Å². The van der Waals surface area contributed by atoms with Gasteiger partial charge in [-0.15, -0.1) is 0 Å². The van der Waals surface area contributed by atoms with Gasteiger partial charge in [-0.3, -0.25) is 4.79 Å². The summed E-state index contributed by atoms with van der Waals surface area (Å²) in [7, 11) is 0.585. The lowest BCUT2D eigenvalue weighted by Crippen LogP contribution is -2.17. The number of methoxy groups -OCH3 is 2. The number of ether oxygens (including phenoxy) is 2. The summed E-state index contributed by atoms with van der Waals surface area (Å²) in [4.78, 5) is 26.9. The Balaban J connectivity index is 2.35. The van der Waals surface area contributed by atoms with Crippen LogP contribution in [0.1, 0.15) is 26.3 Å². The molecule has 1 amide bonds. The van der Waals surface area contributed by atoms with Crippen LogP contribution in [0.5, 0.6) is 5.75 Å². The van der Waals surface area contributed by atoms with Gasteiger partial charge in [0.1, 0.15) is 5.75 Å². The molecule has 1 aliphatic rings. The Bertz CT molecular complexity index is 1290. The zero-order valence-electron chi connectivity index (χ0n) is 15.8. The fraction of sp³-hybridized carbons (Fsp3) is 0.263. The molecule has 146 valence electrons. The number of rotatable bonds is 3. The topological polar surface area (TPSA) is 94.9 Å². The molecule has 2 aromatic carbocycles. The Hall–Kier alpha value is -3.07. The fourth-order valence-corrected chi connectivity index (χ4v) is 4.88. The summed E-state index contributed by atoms with van der Waals surface area (Å²) >= 11 is 0. The molecule has 9 heteroatoms. The van der Waals surface area contributed by atoms with Gasteiger partial charge in [-0.1, -0.05) is 0 Å². The van der Waals surface area contributed by atoms with Crippen molar-refractivity contribution in [3.63, 3.8) is 0 Å². The lowest BCUT2D eigenvalue weighted by molar-refractivity contribution is 0.0602. The number of hydrogen-bond donors (Lipinski definition) is 0. The minimum atomic E-state index is -3.80. The van der Waals surface area contributed by atoms with Crippen LogP contribution < -0.4 is 4.74 Å². The lowest BCUT2D eigenvalue weighted by atomic mass is 9.98. The predicted molar refractivity (Wildman–Crippen MR) is 103 cm³/mol. The summed E-state index contributed by atoms with van der Waals surface area (Å²) in [6, 6.07) is 6.45. The van der Waals surface area contributed by atoms with Crippen molar-refractivity contribution in [1.29, 1.82) is 0 Å². The summed E-state index contributed by atoms with van der Waals surface area (Å²) in [5.41, 5.74) is 1.64. The highest BCUT2D eigenvalue weighted by atomic mass is 32.2. The van der Waals surface area contributed by atoms with Crippen LogP contribution in [-0.4, -0.2) is 56.7 Å². The van der Waals surface area contributed by atoms with E-state index in [2.05, 4.69) is 0 Å². The molecule has 4 rings (SSSR count). The minimum absolute atomic E-state index is 0.0972. The van der Waals surface area contributed by atoms with Crippen LogP contribution in [0.15, 0.2) is 24.3 Å². The monoisotopic (exact) mass is 402 g/mol. The molecule has 28 heavy (non-hydrogen) atoms. The molecule has 0 spiro atoms. The van der Waals surface area contributed by atoms with Gasteiger partial charge in [-0.25, -0.2) is 17.2 Å². The molecule has 0 radical (unpaired) electrons. The van der Waals surface area contributed by atoms with Crippen molar-refractivity contribution >= 4 is 43.7 Å². The molecule has 3 aromatic rings. The summed E-state index contributed by atoms with van der Waals surface area (Å²) in [6.45, 7) is 0.323. The van der Waals surface area contributed by atoms with E-state index in [0.717, 1.165) is 10.2 Å². The molecule has 0 fully saturated rings. The second-order valence-corrected chi connectivity index (χ2v) is 8.58. The molecular weight excluding hydrogens is 384 g/mol. The van der Waals surface area contributed by atoms with Gasteiger partial charge in [-0.2, -0.15) is 0 Å². The summed E-state index contributed by atoms with van der Waals surface area (Å²) in [5, 5.41) is 0.928. The smallest absolute Gasteiger partial charge is 0.340 e. The van der Waals surface area contributed by atoms with E-state index >= 15 is 0 Å².